The SMILES string of the molecule is CC(=O)c1ccc(-c2ccc([C@H](C)N3CCCC3)cc2)nc1. The van der Waals surface area contributed by atoms with E-state index in [4.69, 9.17) is 0 Å². The average Bonchev–Trinajstić information content (AvgIpc) is 3.09. The number of rotatable bonds is 4. The summed E-state index contributed by atoms with van der Waals surface area (Å²) in [7, 11) is 0. The Hall–Kier alpha value is -2.00. The molecule has 2 heterocycles. The van der Waals surface area contributed by atoms with E-state index in [9.17, 15) is 4.79 Å². The molecule has 0 amide bonds. The first-order chi connectivity index (χ1) is 10.6. The predicted molar refractivity (Wildman–Crippen MR) is 88.9 cm³/mol. The number of benzene rings is 1. The van der Waals surface area contributed by atoms with Crippen molar-refractivity contribution in [2.75, 3.05) is 13.1 Å². The van der Waals surface area contributed by atoms with Gasteiger partial charge in [0.2, 0.25) is 0 Å². The van der Waals surface area contributed by atoms with Crippen LogP contribution in [0.4, 0.5) is 0 Å². The molecule has 0 spiro atoms. The lowest BCUT2D eigenvalue weighted by Crippen LogP contribution is -2.23. The van der Waals surface area contributed by atoms with Gasteiger partial charge in [0, 0.05) is 23.4 Å². The minimum absolute atomic E-state index is 0.0498. The van der Waals surface area contributed by atoms with Crippen molar-refractivity contribution in [1.29, 1.82) is 0 Å². The Balaban J connectivity index is 1.77. The van der Waals surface area contributed by atoms with Gasteiger partial charge in [-0.25, -0.2) is 0 Å². The van der Waals surface area contributed by atoms with Crippen molar-refractivity contribution in [3.05, 3.63) is 53.7 Å². The topological polar surface area (TPSA) is 33.2 Å². The van der Waals surface area contributed by atoms with Crippen molar-refractivity contribution < 1.29 is 4.79 Å². The third-order valence-corrected chi connectivity index (χ3v) is 4.55. The van der Waals surface area contributed by atoms with Crippen LogP contribution in [0.25, 0.3) is 11.3 Å². The molecule has 0 N–H and O–H groups in total. The summed E-state index contributed by atoms with van der Waals surface area (Å²) in [4.78, 5) is 18.2. The third-order valence-electron chi connectivity index (χ3n) is 4.55. The Morgan fingerprint density at radius 1 is 1.09 bits per heavy atom. The van der Waals surface area contributed by atoms with Crippen molar-refractivity contribution in [3.63, 3.8) is 0 Å². The van der Waals surface area contributed by atoms with Crippen LogP contribution in [0, 0.1) is 0 Å². The average molecular weight is 294 g/mol. The second-order valence-electron chi connectivity index (χ2n) is 6.03. The summed E-state index contributed by atoms with van der Waals surface area (Å²) in [5.74, 6) is 0.0498. The highest BCUT2D eigenvalue weighted by molar-refractivity contribution is 5.93. The molecular weight excluding hydrogens is 272 g/mol. The van der Waals surface area contributed by atoms with E-state index in [1.54, 1.807) is 13.1 Å². The van der Waals surface area contributed by atoms with Gasteiger partial charge in [0.05, 0.1) is 5.69 Å². The number of hydrogen-bond acceptors (Lipinski definition) is 3. The molecule has 1 aliphatic heterocycles. The van der Waals surface area contributed by atoms with E-state index in [0.29, 0.717) is 11.6 Å². The van der Waals surface area contributed by atoms with Crippen molar-refractivity contribution in [1.82, 2.24) is 9.88 Å². The van der Waals surface area contributed by atoms with E-state index in [1.165, 1.54) is 31.5 Å². The highest BCUT2D eigenvalue weighted by Gasteiger charge is 2.19. The van der Waals surface area contributed by atoms with Crippen LogP contribution in [0.1, 0.15) is 48.7 Å². The highest BCUT2D eigenvalue weighted by Crippen LogP contribution is 2.26. The fraction of sp³-hybridized carbons (Fsp3) is 0.368. The molecule has 1 fully saturated rings. The van der Waals surface area contributed by atoms with Gasteiger partial charge in [-0.1, -0.05) is 24.3 Å². The molecule has 22 heavy (non-hydrogen) atoms. The third kappa shape index (κ3) is 3.09. The van der Waals surface area contributed by atoms with Crippen LogP contribution in [0.2, 0.25) is 0 Å². The summed E-state index contributed by atoms with van der Waals surface area (Å²) in [6.07, 6.45) is 4.28. The number of likely N-dealkylation sites (tertiary alicyclic amines) is 1. The van der Waals surface area contributed by atoms with Gasteiger partial charge in [0.25, 0.3) is 0 Å². The molecule has 1 aliphatic rings. The number of ketones is 1. The van der Waals surface area contributed by atoms with Crippen molar-refractivity contribution >= 4 is 5.78 Å². The molecule has 0 unspecified atom stereocenters. The molecule has 1 aromatic heterocycles. The first-order valence-corrected chi connectivity index (χ1v) is 7.96. The van der Waals surface area contributed by atoms with Gasteiger partial charge in [0.15, 0.2) is 5.78 Å². The molecule has 114 valence electrons. The maximum Gasteiger partial charge on any atom is 0.161 e. The zero-order valence-corrected chi connectivity index (χ0v) is 13.2. The highest BCUT2D eigenvalue weighted by atomic mass is 16.1. The molecule has 0 aliphatic carbocycles. The van der Waals surface area contributed by atoms with Crippen LogP contribution >= 0.6 is 0 Å². The number of nitrogens with zero attached hydrogens (tertiary/aromatic N) is 2. The number of aromatic nitrogens is 1. The molecular formula is C19H22N2O. The van der Waals surface area contributed by atoms with Crippen LogP contribution in [0.5, 0.6) is 0 Å². The summed E-state index contributed by atoms with van der Waals surface area (Å²) >= 11 is 0. The van der Waals surface area contributed by atoms with Gasteiger partial charge in [-0.05, 0) is 57.5 Å². The number of hydrogen-bond donors (Lipinski definition) is 0. The summed E-state index contributed by atoms with van der Waals surface area (Å²) in [6, 6.07) is 12.9. The van der Waals surface area contributed by atoms with Gasteiger partial charge >= 0.3 is 0 Å². The maximum absolute atomic E-state index is 11.3. The monoisotopic (exact) mass is 294 g/mol. The molecule has 3 nitrogen and oxygen atoms in total. The normalized spacial score (nSPS) is 16.6. The molecule has 3 heteroatoms. The molecule has 2 aromatic rings. The molecule has 0 radical (unpaired) electrons. The van der Waals surface area contributed by atoms with Crippen LogP contribution in [-0.2, 0) is 0 Å². The van der Waals surface area contributed by atoms with Crippen LogP contribution in [0.3, 0.4) is 0 Å². The Kier molecular flexibility index (Phi) is 4.34. The summed E-state index contributed by atoms with van der Waals surface area (Å²) in [5, 5.41) is 0. The van der Waals surface area contributed by atoms with E-state index in [0.717, 1.165) is 11.3 Å². The first-order valence-electron chi connectivity index (χ1n) is 7.96. The van der Waals surface area contributed by atoms with E-state index in [-0.39, 0.29) is 5.78 Å². The summed E-state index contributed by atoms with van der Waals surface area (Å²) in [6.45, 7) is 6.25. The second-order valence-corrected chi connectivity index (χ2v) is 6.03. The van der Waals surface area contributed by atoms with E-state index >= 15 is 0 Å². The molecule has 1 aromatic carbocycles. The lowest BCUT2D eigenvalue weighted by Gasteiger charge is -2.24. The zero-order valence-electron chi connectivity index (χ0n) is 13.2. The lowest BCUT2D eigenvalue weighted by molar-refractivity contribution is 0.101. The number of pyridine rings is 1. The second kappa shape index (κ2) is 6.41. The van der Waals surface area contributed by atoms with Gasteiger partial charge < -0.3 is 0 Å². The molecule has 1 saturated heterocycles. The fourth-order valence-electron chi connectivity index (χ4n) is 3.04. The number of carbonyl (C=O) groups excluding carboxylic acids is 1. The quantitative estimate of drug-likeness (QED) is 0.796. The van der Waals surface area contributed by atoms with E-state index in [1.807, 2.05) is 12.1 Å². The van der Waals surface area contributed by atoms with Crippen LogP contribution in [0.15, 0.2) is 42.6 Å². The summed E-state index contributed by atoms with van der Waals surface area (Å²) in [5.41, 5.74) is 4.01. The summed E-state index contributed by atoms with van der Waals surface area (Å²) < 4.78 is 0. The minimum atomic E-state index is 0.0498. The minimum Gasteiger partial charge on any atom is -0.297 e. The largest absolute Gasteiger partial charge is 0.297 e. The Morgan fingerprint density at radius 2 is 1.77 bits per heavy atom. The standard InChI is InChI=1S/C19H22N2O/c1-14(21-11-3-4-12-21)16-5-7-17(8-6-16)19-10-9-18(13-20-19)15(2)22/h5-10,13-14H,3-4,11-12H2,1-2H3/t14-/m0/s1. The van der Waals surface area contributed by atoms with Gasteiger partial charge in [-0.2, -0.15) is 0 Å². The van der Waals surface area contributed by atoms with Crippen molar-refractivity contribution in [3.8, 4) is 11.3 Å². The zero-order chi connectivity index (χ0) is 15.5. The maximum atomic E-state index is 11.3. The first kappa shape index (κ1) is 14.9. The van der Waals surface area contributed by atoms with Crippen molar-refractivity contribution in [2.24, 2.45) is 0 Å². The van der Waals surface area contributed by atoms with E-state index < -0.39 is 0 Å². The molecule has 0 saturated carbocycles. The van der Waals surface area contributed by atoms with Crippen molar-refractivity contribution in [2.45, 2.75) is 32.7 Å². The lowest BCUT2D eigenvalue weighted by atomic mass is 10.0. The van der Waals surface area contributed by atoms with Gasteiger partial charge in [0.1, 0.15) is 0 Å². The van der Waals surface area contributed by atoms with Gasteiger partial charge in [-0.3, -0.25) is 14.7 Å². The van der Waals surface area contributed by atoms with E-state index in [2.05, 4.69) is 41.1 Å². The molecule has 0 bridgehead atoms. The molecule has 1 atom stereocenters. The van der Waals surface area contributed by atoms with Crippen LogP contribution in [-0.4, -0.2) is 28.8 Å². The van der Waals surface area contributed by atoms with Gasteiger partial charge in [-0.15, -0.1) is 0 Å². The van der Waals surface area contributed by atoms with Crippen LogP contribution < -0.4 is 0 Å². The fourth-order valence-corrected chi connectivity index (χ4v) is 3.04. The Labute approximate surface area is 132 Å². The molecule has 3 rings (SSSR count). The Morgan fingerprint density at radius 3 is 2.32 bits per heavy atom. The predicted octanol–water partition coefficient (Wildman–Crippen LogP) is 4.11. The smallest absolute Gasteiger partial charge is 0.161 e. The number of carbonyl (C=O) groups is 1. The Bertz CT molecular complexity index is 640. The number of Topliss-reactive ketones (excluding diaryl/α,β-unsaturated/α-hetero) is 1.